The number of nitrogens with zero attached hydrogens (tertiary/aromatic N) is 2. The summed E-state index contributed by atoms with van der Waals surface area (Å²) in [7, 11) is 0. The van der Waals surface area contributed by atoms with Gasteiger partial charge in [-0.3, -0.25) is 4.68 Å². The number of nitrogens with two attached hydrogens (primary N) is 1. The minimum atomic E-state index is 0.109. The van der Waals surface area contributed by atoms with E-state index in [1.54, 1.807) is 0 Å². The molecule has 3 nitrogen and oxygen atoms in total. The Morgan fingerprint density at radius 1 is 1.47 bits per heavy atom. The third kappa shape index (κ3) is 3.17. The van der Waals surface area contributed by atoms with Crippen LogP contribution < -0.4 is 5.73 Å². The molecule has 0 fully saturated rings. The van der Waals surface area contributed by atoms with Crippen LogP contribution in [0.2, 0.25) is 0 Å². The summed E-state index contributed by atoms with van der Waals surface area (Å²) < 4.78 is 1.98. The predicted octanol–water partition coefficient (Wildman–Crippen LogP) is 2.99. The van der Waals surface area contributed by atoms with Crippen molar-refractivity contribution in [1.29, 1.82) is 0 Å². The molecule has 0 aliphatic rings. The van der Waals surface area contributed by atoms with Crippen LogP contribution in [-0.4, -0.2) is 9.78 Å². The van der Waals surface area contributed by atoms with Crippen molar-refractivity contribution in [2.45, 2.75) is 38.8 Å². The maximum absolute atomic E-state index is 6.20. The molecule has 2 heterocycles. The third-order valence-electron chi connectivity index (χ3n) is 2.95. The highest BCUT2D eigenvalue weighted by Gasteiger charge is 2.10. The third-order valence-corrected chi connectivity index (χ3v) is 3.88. The summed E-state index contributed by atoms with van der Waals surface area (Å²) in [6.07, 6.45) is 5.11. The highest BCUT2D eigenvalue weighted by Crippen LogP contribution is 2.18. The van der Waals surface area contributed by atoms with Gasteiger partial charge in [0.15, 0.2) is 0 Å². The van der Waals surface area contributed by atoms with Gasteiger partial charge in [0.2, 0.25) is 0 Å². The van der Waals surface area contributed by atoms with E-state index >= 15 is 0 Å². The zero-order chi connectivity index (χ0) is 12.1. The second-order valence-electron chi connectivity index (χ2n) is 4.15. The Balaban J connectivity index is 1.83. The quantitative estimate of drug-likeness (QED) is 0.855. The molecule has 1 unspecified atom stereocenters. The summed E-state index contributed by atoms with van der Waals surface area (Å²) >= 11 is 1.82. The molecular formula is C13H19N3S. The topological polar surface area (TPSA) is 43.8 Å². The minimum Gasteiger partial charge on any atom is -0.323 e. The van der Waals surface area contributed by atoms with Crippen molar-refractivity contribution in [3.05, 3.63) is 40.3 Å². The normalized spacial score (nSPS) is 12.8. The SMILES string of the molecule is CCn1nccc1C(N)CCCc1cccs1. The van der Waals surface area contributed by atoms with Crippen LogP contribution in [0.3, 0.4) is 0 Å². The summed E-state index contributed by atoms with van der Waals surface area (Å²) in [6.45, 7) is 2.98. The summed E-state index contributed by atoms with van der Waals surface area (Å²) in [6, 6.07) is 6.43. The Labute approximate surface area is 106 Å². The molecule has 0 bridgehead atoms. The van der Waals surface area contributed by atoms with Crippen molar-refractivity contribution < 1.29 is 0 Å². The molecule has 2 aromatic heterocycles. The van der Waals surface area contributed by atoms with Gasteiger partial charge in [0.1, 0.15) is 0 Å². The van der Waals surface area contributed by atoms with E-state index < -0.39 is 0 Å². The first-order valence-electron chi connectivity index (χ1n) is 6.11. The lowest BCUT2D eigenvalue weighted by molar-refractivity contribution is 0.534. The largest absolute Gasteiger partial charge is 0.323 e. The van der Waals surface area contributed by atoms with Crippen LogP contribution in [-0.2, 0) is 13.0 Å². The zero-order valence-corrected chi connectivity index (χ0v) is 11.0. The number of aryl methyl sites for hydroxylation is 2. The van der Waals surface area contributed by atoms with Crippen molar-refractivity contribution in [1.82, 2.24) is 9.78 Å². The molecule has 2 aromatic rings. The molecule has 4 heteroatoms. The van der Waals surface area contributed by atoms with Crippen LogP contribution in [0.5, 0.6) is 0 Å². The first-order valence-corrected chi connectivity index (χ1v) is 6.99. The molecule has 0 saturated heterocycles. The molecule has 0 aromatic carbocycles. The van der Waals surface area contributed by atoms with Gasteiger partial charge in [-0.2, -0.15) is 5.10 Å². The van der Waals surface area contributed by atoms with E-state index in [0.29, 0.717) is 0 Å². The lowest BCUT2D eigenvalue weighted by atomic mass is 10.1. The van der Waals surface area contributed by atoms with Crippen molar-refractivity contribution in [2.24, 2.45) is 5.73 Å². The lowest BCUT2D eigenvalue weighted by Gasteiger charge is -2.12. The number of rotatable bonds is 6. The molecule has 2 N–H and O–H groups in total. The molecule has 0 aliphatic carbocycles. The molecular weight excluding hydrogens is 230 g/mol. The number of thiophene rings is 1. The van der Waals surface area contributed by atoms with Crippen molar-refractivity contribution in [2.75, 3.05) is 0 Å². The highest BCUT2D eigenvalue weighted by molar-refractivity contribution is 7.09. The average Bonchev–Trinajstić information content (AvgIpc) is 2.99. The molecule has 0 aliphatic heterocycles. The average molecular weight is 249 g/mol. The monoisotopic (exact) mass is 249 g/mol. The van der Waals surface area contributed by atoms with E-state index in [1.165, 1.54) is 4.88 Å². The van der Waals surface area contributed by atoms with Gasteiger partial charge in [0.05, 0.1) is 5.69 Å². The summed E-state index contributed by atoms with van der Waals surface area (Å²) in [4.78, 5) is 1.45. The van der Waals surface area contributed by atoms with Gasteiger partial charge < -0.3 is 5.73 Å². The van der Waals surface area contributed by atoms with Crippen molar-refractivity contribution >= 4 is 11.3 Å². The molecule has 92 valence electrons. The standard InChI is InChI=1S/C13H19N3S/c1-2-16-13(8-9-15-16)12(14)7-3-5-11-6-4-10-17-11/h4,6,8-10,12H,2-3,5,7,14H2,1H3. The van der Waals surface area contributed by atoms with Gasteiger partial charge in [0.25, 0.3) is 0 Å². The van der Waals surface area contributed by atoms with Gasteiger partial charge in [-0.1, -0.05) is 6.07 Å². The fourth-order valence-corrected chi connectivity index (χ4v) is 2.77. The van der Waals surface area contributed by atoms with E-state index in [2.05, 4.69) is 29.5 Å². The maximum atomic E-state index is 6.20. The molecule has 0 saturated carbocycles. The lowest BCUT2D eigenvalue weighted by Crippen LogP contribution is -2.16. The predicted molar refractivity (Wildman–Crippen MR) is 72.1 cm³/mol. The van der Waals surface area contributed by atoms with Crippen molar-refractivity contribution in [3.63, 3.8) is 0 Å². The molecule has 1 atom stereocenters. The maximum Gasteiger partial charge on any atom is 0.0551 e. The second-order valence-corrected chi connectivity index (χ2v) is 5.18. The van der Waals surface area contributed by atoms with Crippen molar-refractivity contribution in [3.8, 4) is 0 Å². The Morgan fingerprint density at radius 3 is 3.06 bits per heavy atom. The van der Waals surface area contributed by atoms with E-state index in [4.69, 9.17) is 5.73 Å². The van der Waals surface area contributed by atoms with Gasteiger partial charge >= 0.3 is 0 Å². The number of hydrogen-bond acceptors (Lipinski definition) is 3. The Bertz CT molecular complexity index is 433. The van der Waals surface area contributed by atoms with Crippen LogP contribution in [0.25, 0.3) is 0 Å². The van der Waals surface area contributed by atoms with Crippen LogP contribution in [0.4, 0.5) is 0 Å². The number of hydrogen-bond donors (Lipinski definition) is 1. The molecule has 0 spiro atoms. The van der Waals surface area contributed by atoms with Crippen LogP contribution in [0.15, 0.2) is 29.8 Å². The molecule has 0 amide bonds. The van der Waals surface area contributed by atoms with E-state index in [1.807, 2.05) is 28.3 Å². The second kappa shape index (κ2) is 5.98. The fourth-order valence-electron chi connectivity index (χ4n) is 2.02. The Kier molecular flexibility index (Phi) is 4.34. The van der Waals surface area contributed by atoms with E-state index in [9.17, 15) is 0 Å². The molecule has 2 rings (SSSR count). The van der Waals surface area contributed by atoms with Gasteiger partial charge in [0, 0.05) is 23.7 Å². The summed E-state index contributed by atoms with van der Waals surface area (Å²) in [5.41, 5.74) is 7.35. The van der Waals surface area contributed by atoms with Crippen LogP contribution >= 0.6 is 11.3 Å². The molecule has 17 heavy (non-hydrogen) atoms. The highest BCUT2D eigenvalue weighted by atomic mass is 32.1. The fraction of sp³-hybridized carbons (Fsp3) is 0.462. The first kappa shape index (κ1) is 12.3. The van der Waals surface area contributed by atoms with Gasteiger partial charge in [-0.25, -0.2) is 0 Å². The van der Waals surface area contributed by atoms with Crippen LogP contribution in [0, 0.1) is 0 Å². The van der Waals surface area contributed by atoms with E-state index in [0.717, 1.165) is 31.5 Å². The molecule has 0 radical (unpaired) electrons. The Morgan fingerprint density at radius 2 is 2.35 bits per heavy atom. The Hall–Kier alpha value is -1.13. The smallest absolute Gasteiger partial charge is 0.0551 e. The van der Waals surface area contributed by atoms with Gasteiger partial charge in [-0.15, -0.1) is 11.3 Å². The van der Waals surface area contributed by atoms with Gasteiger partial charge in [-0.05, 0) is 43.7 Å². The zero-order valence-electron chi connectivity index (χ0n) is 10.2. The first-order chi connectivity index (χ1) is 8.31. The summed E-state index contributed by atoms with van der Waals surface area (Å²) in [5.74, 6) is 0. The van der Waals surface area contributed by atoms with E-state index in [-0.39, 0.29) is 6.04 Å². The van der Waals surface area contributed by atoms with Crippen LogP contribution in [0.1, 0.15) is 36.4 Å². The summed E-state index contributed by atoms with van der Waals surface area (Å²) in [5, 5.41) is 6.38. The number of aromatic nitrogens is 2. The minimum absolute atomic E-state index is 0.109.